The Morgan fingerprint density at radius 2 is 1.40 bits per heavy atom. The standard InChI is InChI=1S/C22H25N3O5/c23-19(26)14-18(22(29)30)25-21(28)17(13-16-9-5-2-6-10-16)24-20(27)12-11-15-7-3-1-4-8-15/h1-10,17-18H,11-14H2,(H2,23,26)(H,24,27)(H,25,28)(H,29,30)/t17-,18-/m0/s1. The molecule has 0 unspecified atom stereocenters. The van der Waals surface area contributed by atoms with Crippen LogP contribution in [0.2, 0.25) is 0 Å². The number of carbonyl (C=O) groups is 4. The van der Waals surface area contributed by atoms with E-state index in [9.17, 15) is 24.3 Å². The predicted molar refractivity (Wildman–Crippen MR) is 110 cm³/mol. The highest BCUT2D eigenvalue weighted by Crippen LogP contribution is 2.07. The molecule has 0 aliphatic heterocycles. The van der Waals surface area contributed by atoms with Crippen LogP contribution in [0, 0.1) is 0 Å². The van der Waals surface area contributed by atoms with Gasteiger partial charge in [0.1, 0.15) is 12.1 Å². The lowest BCUT2D eigenvalue weighted by atomic mass is 10.0. The van der Waals surface area contributed by atoms with Crippen LogP contribution in [-0.2, 0) is 32.0 Å². The van der Waals surface area contributed by atoms with Gasteiger partial charge in [0.25, 0.3) is 0 Å². The van der Waals surface area contributed by atoms with Gasteiger partial charge < -0.3 is 21.5 Å². The fraction of sp³-hybridized carbons (Fsp3) is 0.273. The van der Waals surface area contributed by atoms with Crippen molar-refractivity contribution in [3.05, 3.63) is 71.8 Å². The first-order valence-electron chi connectivity index (χ1n) is 9.54. The monoisotopic (exact) mass is 411 g/mol. The SMILES string of the molecule is NC(=O)C[C@H](NC(=O)[C@H](Cc1ccccc1)NC(=O)CCc1ccccc1)C(=O)O. The Bertz CT molecular complexity index is 871. The van der Waals surface area contributed by atoms with Crippen LogP contribution in [0.15, 0.2) is 60.7 Å². The van der Waals surface area contributed by atoms with Crippen LogP contribution in [0.3, 0.4) is 0 Å². The second-order valence-corrected chi connectivity index (χ2v) is 6.87. The summed E-state index contributed by atoms with van der Waals surface area (Å²) in [7, 11) is 0. The molecule has 8 nitrogen and oxygen atoms in total. The number of nitrogens with one attached hydrogen (secondary N) is 2. The summed E-state index contributed by atoms with van der Waals surface area (Å²) in [4.78, 5) is 47.6. The molecule has 0 aromatic heterocycles. The Kier molecular flexibility index (Phi) is 8.56. The molecular formula is C22H25N3O5. The minimum absolute atomic E-state index is 0.173. The van der Waals surface area contributed by atoms with E-state index in [1.165, 1.54) is 0 Å². The highest BCUT2D eigenvalue weighted by molar-refractivity contribution is 5.92. The number of hydrogen-bond donors (Lipinski definition) is 4. The number of amides is 3. The fourth-order valence-corrected chi connectivity index (χ4v) is 2.90. The molecule has 0 aliphatic rings. The summed E-state index contributed by atoms with van der Waals surface area (Å²) in [5.74, 6) is -3.26. The molecule has 2 rings (SSSR count). The van der Waals surface area contributed by atoms with Crippen molar-refractivity contribution in [2.45, 2.75) is 37.8 Å². The lowest BCUT2D eigenvalue weighted by molar-refractivity contribution is -0.143. The van der Waals surface area contributed by atoms with Crippen molar-refractivity contribution < 1.29 is 24.3 Å². The summed E-state index contributed by atoms with van der Waals surface area (Å²) in [6.07, 6.45) is 0.311. The van der Waals surface area contributed by atoms with Crippen LogP contribution < -0.4 is 16.4 Å². The third kappa shape index (κ3) is 7.75. The maximum atomic E-state index is 12.7. The first-order valence-corrected chi connectivity index (χ1v) is 9.54. The minimum Gasteiger partial charge on any atom is -0.480 e. The van der Waals surface area contributed by atoms with E-state index in [2.05, 4.69) is 10.6 Å². The van der Waals surface area contributed by atoms with Crippen molar-refractivity contribution in [1.29, 1.82) is 0 Å². The summed E-state index contributed by atoms with van der Waals surface area (Å²) < 4.78 is 0. The van der Waals surface area contributed by atoms with Gasteiger partial charge in [0.2, 0.25) is 17.7 Å². The van der Waals surface area contributed by atoms with Crippen LogP contribution in [0.4, 0.5) is 0 Å². The summed E-state index contributed by atoms with van der Waals surface area (Å²) >= 11 is 0. The fourth-order valence-electron chi connectivity index (χ4n) is 2.90. The van der Waals surface area contributed by atoms with Crippen molar-refractivity contribution in [3.8, 4) is 0 Å². The number of primary amides is 1. The van der Waals surface area contributed by atoms with Gasteiger partial charge in [-0.1, -0.05) is 60.7 Å². The maximum absolute atomic E-state index is 12.7. The van der Waals surface area contributed by atoms with E-state index in [1.807, 2.05) is 36.4 Å². The molecule has 2 aromatic rings. The Morgan fingerprint density at radius 3 is 1.93 bits per heavy atom. The van der Waals surface area contributed by atoms with Gasteiger partial charge in [-0.3, -0.25) is 14.4 Å². The molecule has 2 aromatic carbocycles. The molecule has 0 heterocycles. The number of carboxylic acids is 1. The number of hydrogen-bond acceptors (Lipinski definition) is 4. The van der Waals surface area contributed by atoms with E-state index >= 15 is 0 Å². The molecule has 0 saturated heterocycles. The second-order valence-electron chi connectivity index (χ2n) is 6.87. The van der Waals surface area contributed by atoms with Crippen molar-refractivity contribution >= 4 is 23.7 Å². The van der Waals surface area contributed by atoms with Crippen LogP contribution in [0.1, 0.15) is 24.0 Å². The van der Waals surface area contributed by atoms with Gasteiger partial charge in [-0.15, -0.1) is 0 Å². The van der Waals surface area contributed by atoms with Gasteiger partial charge in [-0.25, -0.2) is 4.79 Å². The second kappa shape index (κ2) is 11.4. The topological polar surface area (TPSA) is 139 Å². The molecule has 0 bridgehead atoms. The third-order valence-corrected chi connectivity index (χ3v) is 4.44. The first-order chi connectivity index (χ1) is 14.3. The van der Waals surface area contributed by atoms with Gasteiger partial charge >= 0.3 is 5.97 Å². The van der Waals surface area contributed by atoms with Crippen LogP contribution >= 0.6 is 0 Å². The Morgan fingerprint density at radius 1 is 0.833 bits per heavy atom. The van der Waals surface area contributed by atoms with E-state index < -0.39 is 36.3 Å². The molecule has 2 atom stereocenters. The maximum Gasteiger partial charge on any atom is 0.326 e. The number of aryl methyl sites for hydroxylation is 1. The molecule has 30 heavy (non-hydrogen) atoms. The number of nitrogens with two attached hydrogens (primary N) is 1. The van der Waals surface area contributed by atoms with E-state index in [0.717, 1.165) is 11.1 Å². The molecule has 0 radical (unpaired) electrons. The van der Waals surface area contributed by atoms with Gasteiger partial charge in [0, 0.05) is 12.8 Å². The molecule has 0 aliphatic carbocycles. The van der Waals surface area contributed by atoms with Crippen molar-refractivity contribution in [3.63, 3.8) is 0 Å². The molecular weight excluding hydrogens is 386 g/mol. The lowest BCUT2D eigenvalue weighted by Crippen LogP contribution is -2.53. The van der Waals surface area contributed by atoms with E-state index in [0.29, 0.717) is 6.42 Å². The van der Waals surface area contributed by atoms with Crippen molar-refractivity contribution in [2.24, 2.45) is 5.73 Å². The molecule has 0 fully saturated rings. The van der Waals surface area contributed by atoms with Crippen molar-refractivity contribution in [2.75, 3.05) is 0 Å². The summed E-state index contributed by atoms with van der Waals surface area (Å²) in [5.41, 5.74) is 6.84. The van der Waals surface area contributed by atoms with Gasteiger partial charge in [-0.05, 0) is 17.5 Å². The number of carboxylic acid groups (broad SMARTS) is 1. The van der Waals surface area contributed by atoms with Crippen LogP contribution in [-0.4, -0.2) is 40.9 Å². The van der Waals surface area contributed by atoms with Gasteiger partial charge in [0.05, 0.1) is 6.42 Å². The van der Waals surface area contributed by atoms with E-state index in [4.69, 9.17) is 5.73 Å². The Hall–Kier alpha value is -3.68. The summed E-state index contributed by atoms with van der Waals surface area (Å²) in [5, 5.41) is 14.2. The molecule has 3 amide bonds. The zero-order valence-corrected chi connectivity index (χ0v) is 16.4. The van der Waals surface area contributed by atoms with E-state index in [1.54, 1.807) is 24.3 Å². The van der Waals surface area contributed by atoms with Crippen LogP contribution in [0.25, 0.3) is 0 Å². The number of rotatable bonds is 11. The lowest BCUT2D eigenvalue weighted by Gasteiger charge is -2.21. The molecule has 5 N–H and O–H groups in total. The van der Waals surface area contributed by atoms with Crippen LogP contribution in [0.5, 0.6) is 0 Å². The van der Waals surface area contributed by atoms with E-state index in [-0.39, 0.29) is 18.7 Å². The molecule has 0 saturated carbocycles. The number of carbonyl (C=O) groups excluding carboxylic acids is 3. The third-order valence-electron chi connectivity index (χ3n) is 4.44. The zero-order chi connectivity index (χ0) is 21.9. The zero-order valence-electron chi connectivity index (χ0n) is 16.4. The number of benzene rings is 2. The molecule has 0 spiro atoms. The highest BCUT2D eigenvalue weighted by atomic mass is 16.4. The average molecular weight is 411 g/mol. The Labute approximate surface area is 174 Å². The van der Waals surface area contributed by atoms with Gasteiger partial charge in [0.15, 0.2) is 0 Å². The van der Waals surface area contributed by atoms with Crippen molar-refractivity contribution in [1.82, 2.24) is 10.6 Å². The number of aliphatic carboxylic acids is 1. The normalized spacial score (nSPS) is 12.4. The predicted octanol–water partition coefficient (Wildman–Crippen LogP) is 0.792. The van der Waals surface area contributed by atoms with Gasteiger partial charge in [-0.2, -0.15) is 0 Å². The summed E-state index contributed by atoms with van der Waals surface area (Å²) in [6, 6.07) is 16.0. The Balaban J connectivity index is 2.06. The summed E-state index contributed by atoms with van der Waals surface area (Å²) in [6.45, 7) is 0. The molecule has 8 heteroatoms. The molecule has 158 valence electrons. The quantitative estimate of drug-likeness (QED) is 0.433. The highest BCUT2D eigenvalue weighted by Gasteiger charge is 2.27. The largest absolute Gasteiger partial charge is 0.480 e. The first kappa shape index (κ1) is 22.6. The average Bonchev–Trinajstić information content (AvgIpc) is 2.72. The minimum atomic E-state index is -1.46. The smallest absolute Gasteiger partial charge is 0.326 e.